The molecular formula is C11H13N3O4S. The summed E-state index contributed by atoms with van der Waals surface area (Å²) in [5.41, 5.74) is 0.929. The maximum absolute atomic E-state index is 11.3. The summed E-state index contributed by atoms with van der Waals surface area (Å²) in [6.45, 7) is 2.22. The molecule has 0 unspecified atom stereocenters. The normalized spacial score (nSPS) is 10.4. The number of rotatable bonds is 5. The lowest BCUT2D eigenvalue weighted by molar-refractivity contribution is -0.131. The van der Waals surface area contributed by atoms with E-state index in [2.05, 4.69) is 10.3 Å². The molecule has 0 aliphatic rings. The molecule has 19 heavy (non-hydrogen) atoms. The summed E-state index contributed by atoms with van der Waals surface area (Å²) in [7, 11) is 0. The Hall–Kier alpha value is -2.22. The Kier molecular flexibility index (Phi) is 5.68. The van der Waals surface area contributed by atoms with Gasteiger partial charge in [-0.15, -0.1) is 11.3 Å². The number of aromatic nitrogens is 1. The van der Waals surface area contributed by atoms with Crippen LogP contribution in [0, 0.1) is 6.92 Å². The van der Waals surface area contributed by atoms with Crippen LogP contribution in [0.2, 0.25) is 0 Å². The van der Waals surface area contributed by atoms with E-state index in [9.17, 15) is 14.4 Å². The lowest BCUT2D eigenvalue weighted by Gasteiger charge is -2.03. The highest BCUT2D eigenvalue weighted by Gasteiger charge is 2.05. The van der Waals surface area contributed by atoms with Crippen molar-refractivity contribution in [1.82, 2.24) is 15.6 Å². The van der Waals surface area contributed by atoms with Gasteiger partial charge in [-0.25, -0.2) is 14.6 Å². The molecule has 0 spiro atoms. The molecule has 102 valence electrons. The van der Waals surface area contributed by atoms with Gasteiger partial charge in [0, 0.05) is 36.2 Å². The number of aliphatic carboxylic acids is 1. The smallest absolute Gasteiger partial charge is 0.328 e. The third kappa shape index (κ3) is 6.32. The molecular weight excluding hydrogens is 270 g/mol. The van der Waals surface area contributed by atoms with Crippen LogP contribution in [-0.4, -0.2) is 34.5 Å². The highest BCUT2D eigenvalue weighted by Crippen LogP contribution is 2.08. The molecule has 0 aliphatic carbocycles. The fourth-order valence-electron chi connectivity index (χ4n) is 1.15. The molecule has 1 heterocycles. The monoisotopic (exact) mass is 283 g/mol. The lowest BCUT2D eigenvalue weighted by Crippen LogP contribution is -2.39. The SMILES string of the molecule is Cc1csc(CCNC(=O)NC(=O)/C=C/C(=O)O)n1. The standard InChI is InChI=1S/C11H13N3O4S/c1-7-6-19-9(13-7)4-5-12-11(18)14-8(15)2-3-10(16)17/h2-3,6H,4-5H2,1H3,(H,16,17)(H2,12,14,15,18)/b3-2+. The summed E-state index contributed by atoms with van der Waals surface area (Å²) < 4.78 is 0. The largest absolute Gasteiger partial charge is 0.478 e. The minimum absolute atomic E-state index is 0.342. The third-order valence-corrected chi connectivity index (χ3v) is 2.93. The summed E-state index contributed by atoms with van der Waals surface area (Å²) >= 11 is 1.50. The van der Waals surface area contributed by atoms with Crippen LogP contribution in [0.15, 0.2) is 17.5 Å². The van der Waals surface area contributed by atoms with Crippen molar-refractivity contribution in [3.63, 3.8) is 0 Å². The van der Waals surface area contributed by atoms with E-state index in [0.717, 1.165) is 16.8 Å². The Morgan fingerprint density at radius 2 is 2.16 bits per heavy atom. The zero-order valence-corrected chi connectivity index (χ0v) is 11.0. The van der Waals surface area contributed by atoms with Crippen molar-refractivity contribution in [3.8, 4) is 0 Å². The van der Waals surface area contributed by atoms with Crippen LogP contribution < -0.4 is 10.6 Å². The van der Waals surface area contributed by atoms with E-state index < -0.39 is 17.9 Å². The number of carboxylic acids is 1. The molecule has 3 amide bonds. The van der Waals surface area contributed by atoms with Gasteiger partial charge < -0.3 is 10.4 Å². The van der Waals surface area contributed by atoms with E-state index in [0.29, 0.717) is 19.0 Å². The van der Waals surface area contributed by atoms with Gasteiger partial charge in [-0.3, -0.25) is 10.1 Å². The maximum atomic E-state index is 11.3. The van der Waals surface area contributed by atoms with Crippen molar-refractivity contribution in [2.75, 3.05) is 6.54 Å². The minimum atomic E-state index is -1.25. The Morgan fingerprint density at radius 3 is 2.74 bits per heavy atom. The van der Waals surface area contributed by atoms with Crippen molar-refractivity contribution >= 4 is 29.2 Å². The molecule has 3 N–H and O–H groups in total. The number of urea groups is 1. The van der Waals surface area contributed by atoms with E-state index in [1.165, 1.54) is 11.3 Å². The fourth-order valence-corrected chi connectivity index (χ4v) is 1.92. The van der Waals surface area contributed by atoms with Crippen molar-refractivity contribution in [2.45, 2.75) is 13.3 Å². The molecule has 8 heteroatoms. The molecule has 0 atom stereocenters. The Labute approximate surface area is 113 Å². The average molecular weight is 283 g/mol. The Bertz CT molecular complexity index is 510. The number of nitrogens with zero attached hydrogens (tertiary/aromatic N) is 1. The molecule has 1 aromatic rings. The third-order valence-electron chi connectivity index (χ3n) is 1.91. The number of carboxylic acid groups (broad SMARTS) is 1. The second-order valence-corrected chi connectivity index (χ2v) is 4.49. The lowest BCUT2D eigenvalue weighted by atomic mass is 10.4. The van der Waals surface area contributed by atoms with Gasteiger partial charge >= 0.3 is 12.0 Å². The molecule has 0 bridgehead atoms. The van der Waals surface area contributed by atoms with Gasteiger partial charge in [0.1, 0.15) is 0 Å². The predicted octanol–water partition coefficient (Wildman–Crippen LogP) is 0.461. The molecule has 7 nitrogen and oxygen atoms in total. The quantitative estimate of drug-likeness (QED) is 0.680. The van der Waals surface area contributed by atoms with Crippen LogP contribution in [0.25, 0.3) is 0 Å². The molecule has 1 aromatic heterocycles. The molecule has 0 saturated heterocycles. The second-order valence-electron chi connectivity index (χ2n) is 3.55. The average Bonchev–Trinajstić information content (AvgIpc) is 2.72. The molecule has 1 rings (SSSR count). The van der Waals surface area contributed by atoms with Crippen molar-refractivity contribution in [3.05, 3.63) is 28.2 Å². The molecule has 0 aliphatic heterocycles. The molecule has 0 radical (unpaired) electrons. The van der Waals surface area contributed by atoms with Gasteiger partial charge in [0.2, 0.25) is 0 Å². The highest BCUT2D eigenvalue weighted by atomic mass is 32.1. The van der Waals surface area contributed by atoms with Crippen LogP contribution in [0.5, 0.6) is 0 Å². The maximum Gasteiger partial charge on any atom is 0.328 e. The van der Waals surface area contributed by atoms with E-state index in [-0.39, 0.29) is 0 Å². The number of hydrogen-bond acceptors (Lipinski definition) is 5. The van der Waals surface area contributed by atoms with E-state index in [4.69, 9.17) is 5.11 Å². The predicted molar refractivity (Wildman–Crippen MR) is 68.9 cm³/mol. The Morgan fingerprint density at radius 1 is 1.42 bits per heavy atom. The number of carbonyl (C=O) groups is 3. The number of imide groups is 1. The molecule has 0 saturated carbocycles. The number of amides is 3. The van der Waals surface area contributed by atoms with Gasteiger partial charge in [-0.1, -0.05) is 0 Å². The fraction of sp³-hybridized carbons (Fsp3) is 0.273. The van der Waals surface area contributed by atoms with E-state index >= 15 is 0 Å². The van der Waals surface area contributed by atoms with Crippen LogP contribution in [-0.2, 0) is 16.0 Å². The van der Waals surface area contributed by atoms with Gasteiger partial charge in [-0.05, 0) is 6.92 Å². The van der Waals surface area contributed by atoms with E-state index in [1.807, 2.05) is 17.6 Å². The Balaban J connectivity index is 2.24. The zero-order chi connectivity index (χ0) is 14.3. The first-order valence-electron chi connectivity index (χ1n) is 5.38. The van der Waals surface area contributed by atoms with Crippen molar-refractivity contribution < 1.29 is 19.5 Å². The van der Waals surface area contributed by atoms with Gasteiger partial charge in [0.05, 0.1) is 5.01 Å². The number of thiazole rings is 1. The molecule has 0 fully saturated rings. The van der Waals surface area contributed by atoms with E-state index in [1.54, 1.807) is 0 Å². The minimum Gasteiger partial charge on any atom is -0.478 e. The summed E-state index contributed by atoms with van der Waals surface area (Å²) in [6.07, 6.45) is 2.00. The summed E-state index contributed by atoms with van der Waals surface area (Å²) in [4.78, 5) is 36.7. The number of carbonyl (C=O) groups excluding carboxylic acids is 2. The van der Waals surface area contributed by atoms with Gasteiger partial charge in [0.15, 0.2) is 0 Å². The van der Waals surface area contributed by atoms with Gasteiger partial charge in [0.25, 0.3) is 5.91 Å². The number of hydrogen-bond donors (Lipinski definition) is 3. The molecule has 0 aromatic carbocycles. The zero-order valence-electron chi connectivity index (χ0n) is 10.2. The van der Waals surface area contributed by atoms with Crippen LogP contribution >= 0.6 is 11.3 Å². The van der Waals surface area contributed by atoms with Crippen LogP contribution in [0.3, 0.4) is 0 Å². The number of aryl methyl sites for hydroxylation is 1. The topological polar surface area (TPSA) is 108 Å². The summed E-state index contributed by atoms with van der Waals surface area (Å²) in [5, 5.41) is 15.5. The second kappa shape index (κ2) is 7.27. The number of nitrogens with one attached hydrogen (secondary N) is 2. The van der Waals surface area contributed by atoms with Crippen molar-refractivity contribution in [1.29, 1.82) is 0 Å². The summed E-state index contributed by atoms with van der Waals surface area (Å²) in [6, 6.07) is -0.673. The first-order valence-corrected chi connectivity index (χ1v) is 6.26. The van der Waals surface area contributed by atoms with Gasteiger partial charge in [-0.2, -0.15) is 0 Å². The highest BCUT2D eigenvalue weighted by molar-refractivity contribution is 7.09. The van der Waals surface area contributed by atoms with Crippen LogP contribution in [0.1, 0.15) is 10.7 Å². The first kappa shape index (κ1) is 14.8. The summed E-state index contributed by atoms with van der Waals surface area (Å²) in [5.74, 6) is -2.04. The van der Waals surface area contributed by atoms with Crippen LogP contribution in [0.4, 0.5) is 4.79 Å². The first-order chi connectivity index (χ1) is 8.97. The van der Waals surface area contributed by atoms with Crippen molar-refractivity contribution in [2.24, 2.45) is 0 Å².